The van der Waals surface area contributed by atoms with Gasteiger partial charge in [-0.3, -0.25) is 4.79 Å². The first kappa shape index (κ1) is 19.9. The van der Waals surface area contributed by atoms with E-state index in [9.17, 15) is 9.18 Å². The topological polar surface area (TPSA) is 77.7 Å². The van der Waals surface area contributed by atoms with Crippen molar-refractivity contribution in [2.24, 2.45) is 0 Å². The number of nitrogens with zero attached hydrogens (tertiary/aromatic N) is 3. The van der Waals surface area contributed by atoms with Crippen LogP contribution in [0.5, 0.6) is 11.5 Å². The molecule has 2 unspecified atom stereocenters. The predicted octanol–water partition coefficient (Wildman–Crippen LogP) is 3.97. The lowest BCUT2D eigenvalue weighted by atomic mass is 10.1. The van der Waals surface area contributed by atoms with Crippen LogP contribution in [0.4, 0.5) is 4.39 Å². The van der Waals surface area contributed by atoms with E-state index < -0.39 is 0 Å². The second kappa shape index (κ2) is 8.14. The van der Waals surface area contributed by atoms with Gasteiger partial charge >= 0.3 is 0 Å². The van der Waals surface area contributed by atoms with Crippen LogP contribution in [0.3, 0.4) is 0 Å². The highest BCUT2D eigenvalue weighted by Crippen LogP contribution is 2.36. The number of likely N-dealkylation sites (tertiary alicyclic amines) is 1. The van der Waals surface area contributed by atoms with Crippen LogP contribution >= 0.6 is 0 Å². The third-order valence-electron chi connectivity index (χ3n) is 5.41. The molecule has 0 bridgehead atoms. The quantitative estimate of drug-likeness (QED) is 0.611. The van der Waals surface area contributed by atoms with Gasteiger partial charge in [0.05, 0.1) is 26.2 Å². The third-order valence-corrected chi connectivity index (χ3v) is 5.41. The van der Waals surface area contributed by atoms with E-state index in [0.717, 1.165) is 5.56 Å². The summed E-state index contributed by atoms with van der Waals surface area (Å²) >= 11 is 0. The summed E-state index contributed by atoms with van der Waals surface area (Å²) in [6, 6.07) is 11.4. The van der Waals surface area contributed by atoms with Gasteiger partial charge < -0.3 is 18.9 Å². The van der Waals surface area contributed by atoms with E-state index in [1.807, 2.05) is 25.1 Å². The molecule has 7 nitrogen and oxygen atoms in total. The molecule has 0 saturated carbocycles. The summed E-state index contributed by atoms with van der Waals surface area (Å²) in [6.07, 6.45) is 0.294. The maximum absolute atomic E-state index is 13.1. The number of carbonyl (C=O) groups is 1. The second-order valence-corrected chi connectivity index (χ2v) is 7.20. The molecule has 1 fully saturated rings. The van der Waals surface area contributed by atoms with Crippen molar-refractivity contribution in [2.75, 3.05) is 20.8 Å². The zero-order valence-corrected chi connectivity index (χ0v) is 17.0. The smallest absolute Gasteiger partial charge is 0.232 e. The SMILES string of the molecule is COc1ccc(C(C)N2CC(c3nc(-c4ccc(F)cc4)no3)CC2=O)cc1OC. The summed E-state index contributed by atoms with van der Waals surface area (Å²) < 4.78 is 29.2. The molecule has 3 aromatic rings. The number of rotatable bonds is 6. The number of hydrogen-bond acceptors (Lipinski definition) is 6. The van der Waals surface area contributed by atoms with Gasteiger partial charge in [0.15, 0.2) is 11.5 Å². The van der Waals surface area contributed by atoms with E-state index >= 15 is 0 Å². The predicted molar refractivity (Wildman–Crippen MR) is 107 cm³/mol. The Balaban J connectivity index is 1.51. The van der Waals surface area contributed by atoms with Crippen LogP contribution in [0.1, 0.15) is 36.8 Å². The highest BCUT2D eigenvalue weighted by Gasteiger charge is 2.37. The first-order valence-corrected chi connectivity index (χ1v) is 9.61. The van der Waals surface area contributed by atoms with Gasteiger partial charge in [-0.2, -0.15) is 4.98 Å². The minimum Gasteiger partial charge on any atom is -0.493 e. The first-order chi connectivity index (χ1) is 14.5. The van der Waals surface area contributed by atoms with Crippen molar-refractivity contribution in [2.45, 2.75) is 25.3 Å². The number of hydrogen-bond donors (Lipinski definition) is 0. The molecule has 30 heavy (non-hydrogen) atoms. The van der Waals surface area contributed by atoms with Gasteiger partial charge in [-0.1, -0.05) is 11.2 Å². The van der Waals surface area contributed by atoms with Gasteiger partial charge in [0.25, 0.3) is 0 Å². The Kier molecular flexibility index (Phi) is 5.39. The van der Waals surface area contributed by atoms with Crippen LogP contribution in [0.15, 0.2) is 47.0 Å². The molecule has 1 amide bonds. The fourth-order valence-corrected chi connectivity index (χ4v) is 3.68. The van der Waals surface area contributed by atoms with Crippen LogP contribution in [-0.4, -0.2) is 41.7 Å². The summed E-state index contributed by atoms with van der Waals surface area (Å²) in [7, 11) is 3.16. The average Bonchev–Trinajstić information content (AvgIpc) is 3.40. The number of amides is 1. The molecule has 2 atom stereocenters. The van der Waals surface area contributed by atoms with E-state index in [4.69, 9.17) is 14.0 Å². The number of halogens is 1. The zero-order valence-electron chi connectivity index (χ0n) is 17.0. The molecule has 0 aliphatic carbocycles. The monoisotopic (exact) mass is 411 g/mol. The third kappa shape index (κ3) is 3.72. The zero-order chi connectivity index (χ0) is 21.3. The van der Waals surface area contributed by atoms with Gasteiger partial charge in [-0.25, -0.2) is 4.39 Å². The number of aromatic nitrogens is 2. The number of ether oxygens (including phenoxy) is 2. The van der Waals surface area contributed by atoms with Crippen molar-refractivity contribution >= 4 is 5.91 Å². The lowest BCUT2D eigenvalue weighted by Crippen LogP contribution is -2.28. The number of methoxy groups -OCH3 is 2. The van der Waals surface area contributed by atoms with E-state index in [-0.39, 0.29) is 23.7 Å². The van der Waals surface area contributed by atoms with E-state index in [0.29, 0.717) is 41.7 Å². The Morgan fingerprint density at radius 3 is 2.57 bits per heavy atom. The van der Waals surface area contributed by atoms with E-state index in [1.54, 1.807) is 31.3 Å². The number of carbonyl (C=O) groups excluding carboxylic acids is 1. The van der Waals surface area contributed by atoms with Crippen LogP contribution < -0.4 is 9.47 Å². The molecular weight excluding hydrogens is 389 g/mol. The molecule has 1 aliphatic rings. The Morgan fingerprint density at radius 1 is 1.13 bits per heavy atom. The van der Waals surface area contributed by atoms with Crippen LogP contribution in [0.25, 0.3) is 11.4 Å². The van der Waals surface area contributed by atoms with E-state index in [2.05, 4.69) is 10.1 Å². The molecule has 1 aromatic heterocycles. The fourth-order valence-electron chi connectivity index (χ4n) is 3.68. The van der Waals surface area contributed by atoms with Crippen molar-refractivity contribution in [3.8, 4) is 22.9 Å². The normalized spacial score (nSPS) is 17.3. The van der Waals surface area contributed by atoms with Gasteiger partial charge in [-0.15, -0.1) is 0 Å². The van der Waals surface area contributed by atoms with Crippen LogP contribution in [0.2, 0.25) is 0 Å². The molecule has 0 spiro atoms. The van der Waals surface area contributed by atoms with Gasteiger partial charge in [-0.05, 0) is 48.9 Å². The van der Waals surface area contributed by atoms with Gasteiger partial charge in [0, 0.05) is 18.5 Å². The molecule has 0 N–H and O–H groups in total. The highest BCUT2D eigenvalue weighted by molar-refractivity contribution is 5.80. The summed E-state index contributed by atoms with van der Waals surface area (Å²) in [5.74, 6) is 1.53. The summed E-state index contributed by atoms with van der Waals surface area (Å²) in [5, 5.41) is 3.99. The minimum absolute atomic E-state index is 0.0174. The summed E-state index contributed by atoms with van der Waals surface area (Å²) in [5.41, 5.74) is 1.60. The van der Waals surface area contributed by atoms with Crippen molar-refractivity contribution < 1.29 is 23.2 Å². The molecule has 1 aliphatic heterocycles. The van der Waals surface area contributed by atoms with Gasteiger partial charge in [0.1, 0.15) is 5.82 Å². The fraction of sp³-hybridized carbons (Fsp3) is 0.318. The molecule has 1 saturated heterocycles. The standard InChI is InChI=1S/C22H22FN3O4/c1-13(15-6-9-18(28-2)19(10-15)29-3)26-12-16(11-20(26)27)22-24-21(25-30-22)14-4-7-17(23)8-5-14/h4-10,13,16H,11-12H2,1-3H3. The molecule has 2 heterocycles. The highest BCUT2D eigenvalue weighted by atomic mass is 19.1. The second-order valence-electron chi connectivity index (χ2n) is 7.20. The molecule has 0 radical (unpaired) electrons. The Labute approximate surface area is 173 Å². The number of benzene rings is 2. The molecule has 2 aromatic carbocycles. The molecular formula is C22H22FN3O4. The van der Waals surface area contributed by atoms with Crippen molar-refractivity contribution in [3.63, 3.8) is 0 Å². The molecule has 4 rings (SSSR count). The lowest BCUT2D eigenvalue weighted by Gasteiger charge is -2.25. The van der Waals surface area contributed by atoms with Crippen LogP contribution in [-0.2, 0) is 4.79 Å². The largest absolute Gasteiger partial charge is 0.493 e. The summed E-state index contributed by atoms with van der Waals surface area (Å²) in [6.45, 7) is 2.44. The van der Waals surface area contributed by atoms with Crippen LogP contribution in [0, 0.1) is 5.82 Å². The van der Waals surface area contributed by atoms with Gasteiger partial charge in [0.2, 0.25) is 17.6 Å². The Bertz CT molecular complexity index is 1050. The minimum atomic E-state index is -0.330. The van der Waals surface area contributed by atoms with Crippen molar-refractivity contribution in [1.29, 1.82) is 0 Å². The first-order valence-electron chi connectivity index (χ1n) is 9.61. The maximum Gasteiger partial charge on any atom is 0.232 e. The Hall–Kier alpha value is -3.42. The molecule has 8 heteroatoms. The van der Waals surface area contributed by atoms with E-state index in [1.165, 1.54) is 12.1 Å². The maximum atomic E-state index is 13.1. The Morgan fingerprint density at radius 2 is 1.87 bits per heavy atom. The molecule has 156 valence electrons. The lowest BCUT2D eigenvalue weighted by molar-refractivity contribution is -0.129. The van der Waals surface area contributed by atoms with Crippen molar-refractivity contribution in [1.82, 2.24) is 15.0 Å². The summed E-state index contributed by atoms with van der Waals surface area (Å²) in [4.78, 5) is 18.9. The average molecular weight is 411 g/mol. The van der Waals surface area contributed by atoms with Crippen molar-refractivity contribution in [3.05, 3.63) is 59.7 Å².